The van der Waals surface area contributed by atoms with Crippen LogP contribution >= 0.6 is 34.5 Å². The predicted molar refractivity (Wildman–Crippen MR) is 129 cm³/mol. The normalized spacial score (nSPS) is 11.8. The molecule has 31 heavy (non-hydrogen) atoms. The Labute approximate surface area is 195 Å². The second-order valence-electron chi connectivity index (χ2n) is 7.78. The number of hydrogen-bond acceptors (Lipinski definition) is 5. The monoisotopic (exact) mass is 473 g/mol. The lowest BCUT2D eigenvalue weighted by Crippen LogP contribution is -2.24. The highest BCUT2D eigenvalue weighted by Crippen LogP contribution is 2.28. The number of benzene rings is 2. The summed E-state index contributed by atoms with van der Waals surface area (Å²) in [5.41, 5.74) is 1.56. The summed E-state index contributed by atoms with van der Waals surface area (Å²) >= 11 is 13.5. The molecule has 1 amide bonds. The fourth-order valence-electron chi connectivity index (χ4n) is 2.48. The quantitative estimate of drug-likeness (QED) is 0.392. The van der Waals surface area contributed by atoms with Crippen molar-refractivity contribution in [2.45, 2.75) is 20.8 Å². The third-order valence-electron chi connectivity index (χ3n) is 4.25. The zero-order valence-electron chi connectivity index (χ0n) is 17.2. The Kier molecular flexibility index (Phi) is 7.15. The minimum atomic E-state index is -0.654. The minimum absolute atomic E-state index is 0.0561. The lowest BCUT2D eigenvalue weighted by Gasteiger charge is -2.16. The van der Waals surface area contributed by atoms with Crippen LogP contribution in [0.5, 0.6) is 0 Å². The van der Waals surface area contributed by atoms with E-state index in [0.29, 0.717) is 20.9 Å². The maximum absolute atomic E-state index is 13.0. The van der Waals surface area contributed by atoms with Crippen LogP contribution < -0.4 is 10.6 Å². The first kappa shape index (κ1) is 23.0. The van der Waals surface area contributed by atoms with Gasteiger partial charge in [-0.25, -0.2) is 4.98 Å². The molecule has 2 aromatic carbocycles. The minimum Gasteiger partial charge on any atom is -0.350 e. The maximum atomic E-state index is 13.0. The zero-order chi connectivity index (χ0) is 22.6. The standard InChI is InChI=1S/C23H21Cl2N3O2S/c1-23(2,3)20(29)12-18(26-17-10-9-15(24)11-16(17)25)21(30)28-22-27-19(13-31-22)14-7-5-4-6-8-14/h4-13,26H,1-3H3,(H,27,28,30). The van der Waals surface area contributed by atoms with Gasteiger partial charge in [-0.15, -0.1) is 11.3 Å². The molecular weight excluding hydrogens is 453 g/mol. The lowest BCUT2D eigenvalue weighted by atomic mass is 9.90. The topological polar surface area (TPSA) is 71.1 Å². The molecule has 0 aliphatic carbocycles. The van der Waals surface area contributed by atoms with E-state index in [1.807, 2.05) is 35.7 Å². The van der Waals surface area contributed by atoms with Crippen molar-refractivity contribution in [3.05, 3.63) is 75.7 Å². The molecule has 0 saturated heterocycles. The van der Waals surface area contributed by atoms with E-state index in [2.05, 4.69) is 15.6 Å². The van der Waals surface area contributed by atoms with Crippen LogP contribution in [-0.2, 0) is 9.59 Å². The Hall–Kier alpha value is -2.67. The van der Waals surface area contributed by atoms with Crippen molar-refractivity contribution in [3.8, 4) is 11.3 Å². The third-order valence-corrected chi connectivity index (χ3v) is 5.56. The average Bonchev–Trinajstić information content (AvgIpc) is 3.17. The number of carbonyl (C=O) groups excluding carboxylic acids is 2. The van der Waals surface area contributed by atoms with Crippen molar-refractivity contribution in [1.29, 1.82) is 0 Å². The zero-order valence-corrected chi connectivity index (χ0v) is 19.5. The van der Waals surface area contributed by atoms with Crippen LogP contribution in [0.3, 0.4) is 0 Å². The van der Waals surface area contributed by atoms with Gasteiger partial charge in [-0.05, 0) is 18.2 Å². The number of aromatic nitrogens is 1. The Balaban J connectivity index is 1.86. The average molecular weight is 474 g/mol. The molecular formula is C23H21Cl2N3O2S. The number of anilines is 2. The van der Waals surface area contributed by atoms with Gasteiger partial charge in [-0.3, -0.25) is 14.9 Å². The van der Waals surface area contributed by atoms with E-state index in [1.165, 1.54) is 17.4 Å². The summed E-state index contributed by atoms with van der Waals surface area (Å²) in [6.07, 6.45) is 1.28. The van der Waals surface area contributed by atoms with E-state index in [4.69, 9.17) is 23.2 Å². The first-order valence-electron chi connectivity index (χ1n) is 9.44. The van der Waals surface area contributed by atoms with E-state index in [0.717, 1.165) is 11.3 Å². The molecule has 0 unspecified atom stereocenters. The second kappa shape index (κ2) is 9.64. The fourth-order valence-corrected chi connectivity index (χ4v) is 3.65. The summed E-state index contributed by atoms with van der Waals surface area (Å²) in [5.74, 6) is -0.711. The number of hydrogen-bond donors (Lipinski definition) is 2. The largest absolute Gasteiger partial charge is 0.350 e. The highest BCUT2D eigenvalue weighted by Gasteiger charge is 2.23. The predicted octanol–water partition coefficient (Wildman–Crippen LogP) is 6.67. The smallest absolute Gasteiger partial charge is 0.273 e. The van der Waals surface area contributed by atoms with Crippen LogP contribution in [0.2, 0.25) is 10.0 Å². The number of allylic oxidation sites excluding steroid dienone is 1. The molecule has 160 valence electrons. The van der Waals surface area contributed by atoms with Crippen LogP contribution in [0.1, 0.15) is 20.8 Å². The van der Waals surface area contributed by atoms with Gasteiger partial charge in [0.05, 0.1) is 16.4 Å². The molecule has 0 saturated carbocycles. The van der Waals surface area contributed by atoms with E-state index in [1.54, 1.807) is 39.0 Å². The molecule has 3 rings (SSSR count). The molecule has 3 aromatic rings. The van der Waals surface area contributed by atoms with Gasteiger partial charge in [0, 0.05) is 27.5 Å². The lowest BCUT2D eigenvalue weighted by molar-refractivity contribution is -0.122. The summed E-state index contributed by atoms with van der Waals surface area (Å²) in [4.78, 5) is 30.1. The van der Waals surface area contributed by atoms with Crippen LogP contribution in [0.25, 0.3) is 11.3 Å². The molecule has 0 radical (unpaired) electrons. The molecule has 8 heteroatoms. The Morgan fingerprint density at radius 3 is 2.39 bits per heavy atom. The number of nitrogens with one attached hydrogen (secondary N) is 2. The number of ketones is 1. The van der Waals surface area contributed by atoms with Crippen LogP contribution in [0, 0.1) is 5.41 Å². The van der Waals surface area contributed by atoms with Crippen molar-refractivity contribution >= 4 is 57.0 Å². The van der Waals surface area contributed by atoms with Crippen LogP contribution in [0.4, 0.5) is 10.8 Å². The second-order valence-corrected chi connectivity index (χ2v) is 9.48. The van der Waals surface area contributed by atoms with Gasteiger partial charge in [-0.2, -0.15) is 0 Å². The molecule has 2 N–H and O–H groups in total. The summed E-state index contributed by atoms with van der Waals surface area (Å²) in [6, 6.07) is 14.5. The Bertz CT molecular complexity index is 1140. The molecule has 0 atom stereocenters. The molecule has 0 spiro atoms. The van der Waals surface area contributed by atoms with Gasteiger partial charge in [0.2, 0.25) is 0 Å². The van der Waals surface area contributed by atoms with E-state index in [9.17, 15) is 9.59 Å². The number of halogens is 2. The number of carbonyl (C=O) groups is 2. The Morgan fingerprint density at radius 1 is 1.03 bits per heavy atom. The first-order chi connectivity index (χ1) is 14.6. The van der Waals surface area contributed by atoms with Gasteiger partial charge < -0.3 is 5.32 Å². The van der Waals surface area contributed by atoms with Crippen LogP contribution in [0.15, 0.2) is 65.7 Å². The number of thiazole rings is 1. The summed E-state index contributed by atoms with van der Waals surface area (Å²) < 4.78 is 0. The number of nitrogens with zero attached hydrogens (tertiary/aromatic N) is 1. The molecule has 0 bridgehead atoms. The highest BCUT2D eigenvalue weighted by molar-refractivity contribution is 7.14. The van der Waals surface area contributed by atoms with E-state index >= 15 is 0 Å². The molecule has 1 heterocycles. The van der Waals surface area contributed by atoms with Gasteiger partial charge in [0.25, 0.3) is 5.91 Å². The summed E-state index contributed by atoms with van der Waals surface area (Å²) in [5, 5.41) is 8.78. The van der Waals surface area contributed by atoms with Crippen molar-refractivity contribution in [3.63, 3.8) is 0 Å². The molecule has 1 aromatic heterocycles. The highest BCUT2D eigenvalue weighted by atomic mass is 35.5. The molecule has 0 aliphatic rings. The molecule has 5 nitrogen and oxygen atoms in total. The van der Waals surface area contributed by atoms with Gasteiger partial charge in [0.15, 0.2) is 10.9 Å². The fraction of sp³-hybridized carbons (Fsp3) is 0.174. The van der Waals surface area contributed by atoms with Crippen molar-refractivity contribution in [2.24, 2.45) is 5.41 Å². The van der Waals surface area contributed by atoms with Crippen molar-refractivity contribution in [2.75, 3.05) is 10.6 Å². The summed E-state index contributed by atoms with van der Waals surface area (Å²) in [7, 11) is 0. The SMILES string of the molecule is CC(C)(C)C(=O)C=C(Nc1ccc(Cl)cc1Cl)C(=O)Nc1nc(-c2ccccc2)cs1. The van der Waals surface area contributed by atoms with E-state index in [-0.39, 0.29) is 11.5 Å². The summed E-state index contributed by atoms with van der Waals surface area (Å²) in [6.45, 7) is 5.34. The first-order valence-corrected chi connectivity index (χ1v) is 11.1. The van der Waals surface area contributed by atoms with Gasteiger partial charge in [0.1, 0.15) is 5.70 Å². The Morgan fingerprint density at radius 2 is 1.74 bits per heavy atom. The van der Waals surface area contributed by atoms with Gasteiger partial charge >= 0.3 is 0 Å². The van der Waals surface area contributed by atoms with Crippen molar-refractivity contribution < 1.29 is 9.59 Å². The van der Waals surface area contributed by atoms with Crippen LogP contribution in [-0.4, -0.2) is 16.7 Å². The molecule has 0 fully saturated rings. The number of amides is 1. The van der Waals surface area contributed by atoms with E-state index < -0.39 is 11.3 Å². The van der Waals surface area contributed by atoms with Gasteiger partial charge in [-0.1, -0.05) is 74.3 Å². The maximum Gasteiger partial charge on any atom is 0.273 e. The molecule has 0 aliphatic heterocycles. The number of rotatable bonds is 6. The third kappa shape index (κ3) is 6.17. The van der Waals surface area contributed by atoms with Crippen molar-refractivity contribution in [1.82, 2.24) is 4.98 Å².